The fraction of sp³-hybridized carbons (Fsp3) is 0.326. The third-order valence-corrected chi connectivity index (χ3v) is 11.3. The number of carboxylic acid groups (broad SMARTS) is 1. The number of H-pyrrole nitrogens is 1. The van der Waals surface area contributed by atoms with Crippen LogP contribution < -0.4 is 15.8 Å². The minimum atomic E-state index is -0.905. The largest absolute Gasteiger partial charge is 0.506 e. The molecule has 1 aromatic heterocycles. The maximum absolute atomic E-state index is 13.2. The molecule has 2 amide bonds. The fourth-order valence-electron chi connectivity index (χ4n) is 8.20. The van der Waals surface area contributed by atoms with Gasteiger partial charge < -0.3 is 30.5 Å². The van der Waals surface area contributed by atoms with E-state index in [4.69, 9.17) is 0 Å². The van der Waals surface area contributed by atoms with Gasteiger partial charge in [-0.1, -0.05) is 66.7 Å². The van der Waals surface area contributed by atoms with Gasteiger partial charge >= 0.3 is 6.09 Å². The molecule has 0 unspecified atom stereocenters. The lowest BCUT2D eigenvalue weighted by Gasteiger charge is -2.54. The Morgan fingerprint density at radius 2 is 1.63 bits per heavy atom. The summed E-state index contributed by atoms with van der Waals surface area (Å²) in [7, 11) is 1.75. The number of phenols is 1. The first-order chi connectivity index (χ1) is 26.1. The Morgan fingerprint density at radius 3 is 2.35 bits per heavy atom. The molecule has 1 aliphatic carbocycles. The Labute approximate surface area is 314 Å². The van der Waals surface area contributed by atoms with Gasteiger partial charge in [-0.2, -0.15) is 0 Å². The molecule has 1 aliphatic heterocycles. The summed E-state index contributed by atoms with van der Waals surface area (Å²) in [6.07, 6.45) is 2.04. The number of benzene rings is 4. The van der Waals surface area contributed by atoms with Gasteiger partial charge in [0.15, 0.2) is 0 Å². The van der Waals surface area contributed by atoms with Gasteiger partial charge in [0, 0.05) is 61.8 Å². The Bertz CT molecular complexity index is 2160. The summed E-state index contributed by atoms with van der Waals surface area (Å²) in [6.45, 7) is 3.85. The van der Waals surface area contributed by atoms with Crippen LogP contribution >= 0.6 is 0 Å². The number of carbonyl (C=O) groups excluding carboxylic acids is 1. The topological polar surface area (TPSA) is 149 Å². The van der Waals surface area contributed by atoms with E-state index in [0.717, 1.165) is 67.7 Å². The molecular weight excluding hydrogens is 683 g/mol. The number of anilines is 1. The fourth-order valence-corrected chi connectivity index (χ4v) is 8.20. The van der Waals surface area contributed by atoms with Gasteiger partial charge in [-0.3, -0.25) is 19.4 Å². The molecule has 0 radical (unpaired) electrons. The van der Waals surface area contributed by atoms with E-state index in [9.17, 15) is 29.7 Å². The monoisotopic (exact) mass is 729 g/mol. The number of para-hydroxylation sites is 1. The van der Waals surface area contributed by atoms with Gasteiger partial charge in [-0.25, -0.2) is 4.79 Å². The lowest BCUT2D eigenvalue weighted by atomic mass is 9.60. The van der Waals surface area contributed by atoms with Crippen LogP contribution in [0.15, 0.2) is 108 Å². The number of phenolic OH excluding ortho intramolecular Hbond substituents is 1. The second-order valence-corrected chi connectivity index (χ2v) is 14.8. The number of hydrogen-bond acceptors (Lipinski definition) is 7. The highest BCUT2D eigenvalue weighted by atomic mass is 16.4. The van der Waals surface area contributed by atoms with Gasteiger partial charge in [0.25, 0.3) is 5.91 Å². The number of likely N-dealkylation sites (N-methyl/N-ethyl adjacent to an activating group) is 1. The highest BCUT2D eigenvalue weighted by Gasteiger charge is 2.49. The van der Waals surface area contributed by atoms with Crippen molar-refractivity contribution in [2.45, 2.75) is 44.4 Å². The van der Waals surface area contributed by atoms with Crippen LogP contribution in [0.2, 0.25) is 0 Å². The number of likely N-dealkylation sites (tertiary alicyclic amines) is 1. The van der Waals surface area contributed by atoms with E-state index in [1.807, 2.05) is 78.9 Å². The highest BCUT2D eigenvalue weighted by Crippen LogP contribution is 2.52. The summed E-state index contributed by atoms with van der Waals surface area (Å²) in [6, 6.07) is 31.5. The van der Waals surface area contributed by atoms with Gasteiger partial charge in [-0.15, -0.1) is 0 Å². The SMILES string of the molecule is CN(CCNC[C@H](O)c1ccc(O)c2[nH]c(=O)ccc12)C(=O)c1ccc(CN2CCC3(CC2)CC(N(C(=O)O)c2ccccc2-c2ccccc2)C3)cc1. The zero-order valence-corrected chi connectivity index (χ0v) is 30.4. The molecule has 5 aromatic rings. The van der Waals surface area contributed by atoms with Crippen LogP contribution in [0.3, 0.4) is 0 Å². The molecule has 2 fully saturated rings. The third kappa shape index (κ3) is 7.89. The Balaban J connectivity index is 0.860. The molecule has 1 saturated carbocycles. The van der Waals surface area contributed by atoms with E-state index in [0.29, 0.717) is 29.6 Å². The number of aromatic nitrogens is 1. The van der Waals surface area contributed by atoms with Gasteiger partial charge in [0.1, 0.15) is 5.75 Å². The Hall–Kier alpha value is -5.49. The maximum Gasteiger partial charge on any atom is 0.412 e. The molecule has 2 heterocycles. The van der Waals surface area contributed by atoms with Crippen molar-refractivity contribution < 1.29 is 24.9 Å². The minimum absolute atomic E-state index is 0.0373. The zero-order valence-electron chi connectivity index (χ0n) is 30.4. The molecule has 54 heavy (non-hydrogen) atoms. The lowest BCUT2D eigenvalue weighted by Crippen LogP contribution is -2.56. The second-order valence-electron chi connectivity index (χ2n) is 14.8. The number of amides is 2. The number of aliphatic hydroxyl groups is 1. The van der Waals surface area contributed by atoms with Crippen molar-refractivity contribution in [1.29, 1.82) is 0 Å². The van der Waals surface area contributed by atoms with Crippen LogP contribution in [0.25, 0.3) is 22.0 Å². The summed E-state index contributed by atoms with van der Waals surface area (Å²) >= 11 is 0. The van der Waals surface area contributed by atoms with Crippen LogP contribution in [0.1, 0.15) is 53.3 Å². The molecule has 1 atom stereocenters. The van der Waals surface area contributed by atoms with Crippen LogP contribution in [0, 0.1) is 5.41 Å². The van der Waals surface area contributed by atoms with Gasteiger partial charge in [0.2, 0.25) is 5.56 Å². The van der Waals surface area contributed by atoms with E-state index in [2.05, 4.69) is 15.2 Å². The number of aliphatic hydroxyl groups excluding tert-OH is 1. The Morgan fingerprint density at radius 1 is 0.926 bits per heavy atom. The van der Waals surface area contributed by atoms with Crippen molar-refractivity contribution in [3.63, 3.8) is 0 Å². The number of rotatable bonds is 12. The molecule has 2 aliphatic rings. The van der Waals surface area contributed by atoms with E-state index >= 15 is 0 Å². The summed E-state index contributed by atoms with van der Waals surface area (Å²) in [5.74, 6) is -0.143. The second kappa shape index (κ2) is 15.9. The lowest BCUT2D eigenvalue weighted by molar-refractivity contribution is 0.0133. The molecule has 11 nitrogen and oxygen atoms in total. The average Bonchev–Trinajstić information content (AvgIpc) is 3.17. The minimum Gasteiger partial charge on any atom is -0.506 e. The zero-order chi connectivity index (χ0) is 37.8. The van der Waals surface area contributed by atoms with Crippen molar-refractivity contribution in [2.75, 3.05) is 44.7 Å². The molecule has 7 rings (SSSR count). The number of carbonyl (C=O) groups is 2. The molecule has 5 N–H and O–H groups in total. The molecule has 1 spiro atoms. The quantitative estimate of drug-likeness (QED) is 0.0951. The summed E-state index contributed by atoms with van der Waals surface area (Å²) in [5, 5.41) is 35.0. The standard InChI is InChI=1S/C43H47N5O6/c1-46(24-21-44-27-38(50)34-15-17-37(49)40-35(34)16-18-39(51)45-40)41(52)31-13-11-29(12-14-31)28-47-22-19-43(20-23-47)25-32(26-43)48(42(53)54)36-10-6-5-9-33(36)30-7-3-2-4-8-30/h2-18,32,38,44,49-50H,19-28H2,1H3,(H,45,51)(H,53,54)/t38-/m0/s1. The summed E-state index contributed by atoms with van der Waals surface area (Å²) < 4.78 is 0. The van der Waals surface area contributed by atoms with Crippen molar-refractivity contribution in [2.24, 2.45) is 5.41 Å². The summed E-state index contributed by atoms with van der Waals surface area (Å²) in [5.41, 5.74) is 5.15. The van der Waals surface area contributed by atoms with E-state index < -0.39 is 12.2 Å². The van der Waals surface area contributed by atoms with Crippen LogP contribution in [-0.2, 0) is 6.54 Å². The molecule has 0 bridgehead atoms. The normalized spacial score (nSPS) is 16.2. The van der Waals surface area contributed by atoms with Crippen molar-refractivity contribution in [3.8, 4) is 16.9 Å². The Kier molecular flexibility index (Phi) is 10.8. The van der Waals surface area contributed by atoms with Crippen LogP contribution in [-0.4, -0.2) is 87.9 Å². The van der Waals surface area contributed by atoms with E-state index in [1.165, 1.54) is 12.1 Å². The number of hydrogen-bond donors (Lipinski definition) is 5. The van der Waals surface area contributed by atoms with Crippen LogP contribution in [0.4, 0.5) is 10.5 Å². The number of fused-ring (bicyclic) bond motifs is 1. The third-order valence-electron chi connectivity index (χ3n) is 11.3. The number of nitrogens with zero attached hydrogens (tertiary/aromatic N) is 3. The predicted molar refractivity (Wildman–Crippen MR) is 210 cm³/mol. The molecular formula is C43H47N5O6. The molecule has 1 saturated heterocycles. The molecule has 4 aromatic carbocycles. The smallest absolute Gasteiger partial charge is 0.412 e. The van der Waals surface area contributed by atoms with Crippen molar-refractivity contribution in [1.82, 2.24) is 20.1 Å². The highest BCUT2D eigenvalue weighted by molar-refractivity contribution is 5.94. The first-order valence-corrected chi connectivity index (χ1v) is 18.6. The first kappa shape index (κ1) is 36.9. The number of piperidine rings is 1. The number of aromatic amines is 1. The van der Waals surface area contributed by atoms with Crippen molar-refractivity contribution >= 4 is 28.6 Å². The predicted octanol–water partition coefficient (Wildman–Crippen LogP) is 6.23. The summed E-state index contributed by atoms with van der Waals surface area (Å²) in [4.78, 5) is 45.7. The van der Waals surface area contributed by atoms with Gasteiger partial charge in [0.05, 0.1) is 17.3 Å². The molecule has 280 valence electrons. The molecule has 11 heteroatoms. The number of nitrogens with one attached hydrogen (secondary N) is 2. The van der Waals surface area contributed by atoms with E-state index in [1.54, 1.807) is 29.0 Å². The first-order valence-electron chi connectivity index (χ1n) is 18.6. The van der Waals surface area contributed by atoms with Crippen LogP contribution in [0.5, 0.6) is 5.75 Å². The van der Waals surface area contributed by atoms with Crippen molar-refractivity contribution in [3.05, 3.63) is 130 Å². The number of pyridine rings is 1. The maximum atomic E-state index is 13.2. The average molecular weight is 730 g/mol. The van der Waals surface area contributed by atoms with Gasteiger partial charge in [-0.05, 0) is 91.2 Å². The van der Waals surface area contributed by atoms with E-state index in [-0.39, 0.29) is 40.7 Å². The number of aromatic hydroxyl groups is 1.